The Hall–Kier alpha value is -2.03. The normalized spacial score (nSPS) is 11.8. The standard InChI is InChI=1S/C15H20N2O/c1-9(2)7-13(11(4)16)12-6-5-10(3)8-14(12)15(17)18/h5-8H,16H2,1-4H3,(H2,17,18)/b13-11+. The van der Waals surface area contributed by atoms with E-state index in [1.807, 2.05) is 45.9 Å². The number of rotatable bonds is 3. The molecule has 1 aromatic rings. The zero-order valence-electron chi connectivity index (χ0n) is 11.4. The van der Waals surface area contributed by atoms with Gasteiger partial charge in [-0.2, -0.15) is 0 Å². The van der Waals surface area contributed by atoms with E-state index in [4.69, 9.17) is 11.5 Å². The molecule has 0 unspecified atom stereocenters. The van der Waals surface area contributed by atoms with E-state index in [1.165, 1.54) is 0 Å². The summed E-state index contributed by atoms with van der Waals surface area (Å²) in [5, 5.41) is 0. The Bertz CT molecular complexity index is 531. The average molecular weight is 244 g/mol. The van der Waals surface area contributed by atoms with Crippen molar-refractivity contribution >= 4 is 11.5 Å². The number of benzene rings is 1. The Morgan fingerprint density at radius 3 is 2.17 bits per heavy atom. The van der Waals surface area contributed by atoms with Crippen LogP contribution < -0.4 is 11.5 Å². The van der Waals surface area contributed by atoms with E-state index in [-0.39, 0.29) is 0 Å². The van der Waals surface area contributed by atoms with Gasteiger partial charge in [0.1, 0.15) is 0 Å². The molecule has 0 atom stereocenters. The first-order chi connectivity index (χ1) is 8.32. The van der Waals surface area contributed by atoms with Gasteiger partial charge in [0.2, 0.25) is 5.91 Å². The van der Waals surface area contributed by atoms with Crippen LogP contribution in [0.3, 0.4) is 0 Å². The maximum atomic E-state index is 11.5. The van der Waals surface area contributed by atoms with Crippen LogP contribution in [0.25, 0.3) is 5.57 Å². The summed E-state index contributed by atoms with van der Waals surface area (Å²) in [6.07, 6.45) is 1.96. The number of allylic oxidation sites excluding steroid dienone is 4. The van der Waals surface area contributed by atoms with Crippen LogP contribution >= 0.6 is 0 Å². The number of hydrogen-bond donors (Lipinski definition) is 2. The molecule has 18 heavy (non-hydrogen) atoms. The van der Waals surface area contributed by atoms with Crippen LogP contribution in [0.5, 0.6) is 0 Å². The van der Waals surface area contributed by atoms with Gasteiger partial charge in [0.15, 0.2) is 0 Å². The second-order valence-electron chi connectivity index (χ2n) is 4.73. The zero-order valence-corrected chi connectivity index (χ0v) is 11.4. The molecule has 4 N–H and O–H groups in total. The Kier molecular flexibility index (Phi) is 4.32. The summed E-state index contributed by atoms with van der Waals surface area (Å²) < 4.78 is 0. The fourth-order valence-electron chi connectivity index (χ4n) is 1.79. The highest BCUT2D eigenvalue weighted by Crippen LogP contribution is 2.24. The third-order valence-corrected chi connectivity index (χ3v) is 2.59. The van der Waals surface area contributed by atoms with Crippen molar-refractivity contribution in [2.24, 2.45) is 11.5 Å². The van der Waals surface area contributed by atoms with Gasteiger partial charge in [-0.1, -0.05) is 29.3 Å². The number of carbonyl (C=O) groups is 1. The Morgan fingerprint density at radius 2 is 1.72 bits per heavy atom. The van der Waals surface area contributed by atoms with E-state index in [2.05, 4.69) is 0 Å². The van der Waals surface area contributed by atoms with Gasteiger partial charge in [-0.25, -0.2) is 0 Å². The predicted molar refractivity (Wildman–Crippen MR) is 75.9 cm³/mol. The molecule has 1 rings (SSSR count). The topological polar surface area (TPSA) is 69.1 Å². The number of amides is 1. The lowest BCUT2D eigenvalue weighted by atomic mass is 9.95. The predicted octanol–water partition coefficient (Wildman–Crippen LogP) is 2.75. The first-order valence-corrected chi connectivity index (χ1v) is 5.85. The van der Waals surface area contributed by atoms with Gasteiger partial charge in [-0.3, -0.25) is 4.79 Å². The summed E-state index contributed by atoms with van der Waals surface area (Å²) in [6, 6.07) is 5.63. The lowest BCUT2D eigenvalue weighted by Gasteiger charge is -2.11. The summed E-state index contributed by atoms with van der Waals surface area (Å²) in [5.74, 6) is -0.436. The maximum Gasteiger partial charge on any atom is 0.249 e. The van der Waals surface area contributed by atoms with Crippen molar-refractivity contribution in [2.45, 2.75) is 27.7 Å². The highest BCUT2D eigenvalue weighted by atomic mass is 16.1. The summed E-state index contributed by atoms with van der Waals surface area (Å²) in [7, 11) is 0. The molecule has 0 aromatic heterocycles. The van der Waals surface area contributed by atoms with Crippen molar-refractivity contribution in [1.82, 2.24) is 0 Å². The Balaban J connectivity index is 3.53. The molecule has 0 aliphatic rings. The van der Waals surface area contributed by atoms with E-state index in [1.54, 1.807) is 6.07 Å². The molecule has 0 saturated heterocycles. The van der Waals surface area contributed by atoms with Gasteiger partial charge in [-0.15, -0.1) is 0 Å². The van der Waals surface area contributed by atoms with Crippen molar-refractivity contribution in [2.75, 3.05) is 0 Å². The minimum absolute atomic E-state index is 0.436. The van der Waals surface area contributed by atoms with Crippen molar-refractivity contribution in [1.29, 1.82) is 0 Å². The lowest BCUT2D eigenvalue weighted by Crippen LogP contribution is -2.14. The maximum absolute atomic E-state index is 11.5. The molecule has 0 bridgehead atoms. The van der Waals surface area contributed by atoms with Gasteiger partial charge < -0.3 is 11.5 Å². The van der Waals surface area contributed by atoms with E-state index in [0.29, 0.717) is 11.3 Å². The molecule has 1 amide bonds. The minimum atomic E-state index is -0.436. The van der Waals surface area contributed by atoms with Crippen LogP contribution in [0.4, 0.5) is 0 Å². The zero-order chi connectivity index (χ0) is 13.9. The Morgan fingerprint density at radius 1 is 1.11 bits per heavy atom. The number of hydrogen-bond acceptors (Lipinski definition) is 2. The van der Waals surface area contributed by atoms with E-state index in [9.17, 15) is 4.79 Å². The first-order valence-electron chi connectivity index (χ1n) is 5.85. The van der Waals surface area contributed by atoms with E-state index in [0.717, 1.165) is 22.3 Å². The molecular formula is C15H20N2O. The molecule has 0 spiro atoms. The van der Waals surface area contributed by atoms with Crippen LogP contribution in [0.2, 0.25) is 0 Å². The molecule has 0 heterocycles. The summed E-state index contributed by atoms with van der Waals surface area (Å²) >= 11 is 0. The number of primary amides is 1. The van der Waals surface area contributed by atoms with Crippen LogP contribution in [-0.4, -0.2) is 5.91 Å². The SMILES string of the molecule is CC(C)=C/C(=C(/C)N)c1ccc(C)cc1C(N)=O. The molecule has 0 radical (unpaired) electrons. The third-order valence-electron chi connectivity index (χ3n) is 2.59. The quantitative estimate of drug-likeness (QED) is 0.803. The molecule has 0 fully saturated rings. The molecular weight excluding hydrogens is 224 g/mol. The molecule has 3 nitrogen and oxygen atoms in total. The van der Waals surface area contributed by atoms with Crippen molar-refractivity contribution in [3.63, 3.8) is 0 Å². The largest absolute Gasteiger partial charge is 0.402 e. The molecule has 0 saturated carbocycles. The van der Waals surface area contributed by atoms with Gasteiger partial charge in [0.25, 0.3) is 0 Å². The van der Waals surface area contributed by atoms with Gasteiger partial charge in [-0.05, 0) is 39.3 Å². The number of nitrogens with two attached hydrogens (primary N) is 2. The second-order valence-corrected chi connectivity index (χ2v) is 4.73. The fraction of sp³-hybridized carbons (Fsp3) is 0.267. The average Bonchev–Trinajstić information content (AvgIpc) is 2.25. The highest BCUT2D eigenvalue weighted by Gasteiger charge is 2.12. The van der Waals surface area contributed by atoms with Crippen LogP contribution in [-0.2, 0) is 0 Å². The van der Waals surface area contributed by atoms with Gasteiger partial charge in [0.05, 0.1) is 0 Å². The highest BCUT2D eigenvalue weighted by molar-refractivity contribution is 5.99. The van der Waals surface area contributed by atoms with Crippen molar-refractivity contribution in [3.05, 3.63) is 52.2 Å². The smallest absolute Gasteiger partial charge is 0.249 e. The van der Waals surface area contributed by atoms with E-state index >= 15 is 0 Å². The van der Waals surface area contributed by atoms with Gasteiger partial charge >= 0.3 is 0 Å². The molecule has 1 aromatic carbocycles. The van der Waals surface area contributed by atoms with Gasteiger partial charge in [0, 0.05) is 16.8 Å². The fourth-order valence-corrected chi connectivity index (χ4v) is 1.79. The summed E-state index contributed by atoms with van der Waals surface area (Å²) in [4.78, 5) is 11.5. The number of carbonyl (C=O) groups excluding carboxylic acids is 1. The molecule has 0 aliphatic heterocycles. The first kappa shape index (κ1) is 14.0. The number of aryl methyl sites for hydroxylation is 1. The van der Waals surface area contributed by atoms with Crippen molar-refractivity contribution < 1.29 is 4.79 Å². The van der Waals surface area contributed by atoms with Crippen LogP contribution in [0.15, 0.2) is 35.5 Å². The monoisotopic (exact) mass is 244 g/mol. The van der Waals surface area contributed by atoms with Crippen molar-refractivity contribution in [3.8, 4) is 0 Å². The molecule has 0 aliphatic carbocycles. The van der Waals surface area contributed by atoms with Crippen LogP contribution in [0, 0.1) is 6.92 Å². The molecule has 3 heteroatoms. The molecule has 96 valence electrons. The Labute approximate surface area is 108 Å². The second kappa shape index (κ2) is 5.54. The third kappa shape index (κ3) is 3.23. The minimum Gasteiger partial charge on any atom is -0.402 e. The lowest BCUT2D eigenvalue weighted by molar-refractivity contribution is 0.1000. The van der Waals surface area contributed by atoms with E-state index < -0.39 is 5.91 Å². The summed E-state index contributed by atoms with van der Waals surface area (Å²) in [6.45, 7) is 7.72. The summed E-state index contributed by atoms with van der Waals surface area (Å²) in [5.41, 5.74) is 16.3. The van der Waals surface area contributed by atoms with Crippen LogP contribution in [0.1, 0.15) is 42.3 Å².